The molecule has 2 heterocycles. The molecule has 0 aliphatic carbocycles. The molecule has 2 rings (SSSR count). The summed E-state index contributed by atoms with van der Waals surface area (Å²) >= 11 is 5.80. The first kappa shape index (κ1) is 11.8. The normalized spacial score (nSPS) is 10.5. The molecular formula is C10H12ClN5O. The molecule has 0 aromatic carbocycles. The number of hydrogen-bond acceptors (Lipinski definition) is 5. The molecule has 90 valence electrons. The van der Waals surface area contributed by atoms with Gasteiger partial charge in [0.25, 0.3) is 5.95 Å². The fourth-order valence-corrected chi connectivity index (χ4v) is 1.33. The Bertz CT molecular complexity index is 474. The van der Waals surface area contributed by atoms with E-state index in [4.69, 9.17) is 16.3 Å². The van der Waals surface area contributed by atoms with E-state index in [0.717, 1.165) is 12.8 Å². The molecule has 0 unspecified atom stereocenters. The van der Waals surface area contributed by atoms with E-state index in [-0.39, 0.29) is 11.3 Å². The van der Waals surface area contributed by atoms with Crippen molar-refractivity contribution < 1.29 is 4.74 Å². The molecule has 2 aromatic rings. The molecule has 0 spiro atoms. The standard InChI is InChI=1S/C10H12ClN5O/c1-2-3-7-17-10-14-8(11)13-9(15-10)16-6-4-5-12-16/h4-6H,2-3,7H2,1H3. The van der Waals surface area contributed by atoms with E-state index >= 15 is 0 Å². The number of rotatable bonds is 5. The van der Waals surface area contributed by atoms with E-state index in [2.05, 4.69) is 27.0 Å². The molecule has 7 heteroatoms. The predicted molar refractivity (Wildman–Crippen MR) is 62.4 cm³/mol. The highest BCUT2D eigenvalue weighted by atomic mass is 35.5. The van der Waals surface area contributed by atoms with Crippen LogP contribution >= 0.6 is 11.6 Å². The third-order valence-electron chi connectivity index (χ3n) is 2.01. The van der Waals surface area contributed by atoms with E-state index in [9.17, 15) is 0 Å². The molecule has 0 bridgehead atoms. The molecule has 6 nitrogen and oxygen atoms in total. The van der Waals surface area contributed by atoms with Crippen molar-refractivity contribution in [1.82, 2.24) is 24.7 Å². The third kappa shape index (κ3) is 3.13. The molecule has 0 aliphatic rings. The van der Waals surface area contributed by atoms with Crippen LogP contribution in [0.1, 0.15) is 19.8 Å². The van der Waals surface area contributed by atoms with Crippen LogP contribution in [0.15, 0.2) is 18.5 Å². The lowest BCUT2D eigenvalue weighted by Crippen LogP contribution is -2.07. The van der Waals surface area contributed by atoms with Gasteiger partial charge in [-0.3, -0.25) is 0 Å². The maximum absolute atomic E-state index is 5.80. The smallest absolute Gasteiger partial charge is 0.322 e. The topological polar surface area (TPSA) is 65.7 Å². The monoisotopic (exact) mass is 253 g/mol. The average molecular weight is 254 g/mol. The van der Waals surface area contributed by atoms with Crippen molar-refractivity contribution in [3.63, 3.8) is 0 Å². The summed E-state index contributed by atoms with van der Waals surface area (Å²) < 4.78 is 6.88. The van der Waals surface area contributed by atoms with Gasteiger partial charge in [0, 0.05) is 12.4 Å². The summed E-state index contributed by atoms with van der Waals surface area (Å²) in [6.45, 7) is 2.65. The Balaban J connectivity index is 2.18. The Labute approximate surface area is 104 Å². The van der Waals surface area contributed by atoms with Gasteiger partial charge in [-0.15, -0.1) is 0 Å². The molecule has 0 N–H and O–H groups in total. The highest BCUT2D eigenvalue weighted by Crippen LogP contribution is 2.10. The molecule has 0 saturated carbocycles. The van der Waals surface area contributed by atoms with Crippen LogP contribution in [0.2, 0.25) is 5.28 Å². The third-order valence-corrected chi connectivity index (χ3v) is 2.18. The van der Waals surface area contributed by atoms with Crippen molar-refractivity contribution >= 4 is 11.6 Å². The SMILES string of the molecule is CCCCOc1nc(Cl)nc(-n2cccn2)n1. The summed E-state index contributed by atoms with van der Waals surface area (Å²) in [5, 5.41) is 4.11. The van der Waals surface area contributed by atoms with Gasteiger partial charge < -0.3 is 4.74 Å². The zero-order valence-electron chi connectivity index (χ0n) is 9.38. The van der Waals surface area contributed by atoms with Crippen LogP contribution < -0.4 is 4.74 Å². The second-order valence-electron chi connectivity index (χ2n) is 3.34. The van der Waals surface area contributed by atoms with Crippen molar-refractivity contribution in [1.29, 1.82) is 0 Å². The van der Waals surface area contributed by atoms with Crippen LogP contribution in [-0.4, -0.2) is 31.3 Å². The molecule has 0 fully saturated rings. The van der Waals surface area contributed by atoms with E-state index in [1.54, 1.807) is 18.5 Å². The quantitative estimate of drug-likeness (QED) is 0.762. The van der Waals surface area contributed by atoms with Crippen LogP contribution in [-0.2, 0) is 0 Å². The lowest BCUT2D eigenvalue weighted by Gasteiger charge is -2.05. The summed E-state index contributed by atoms with van der Waals surface area (Å²) in [6.07, 6.45) is 5.35. The van der Waals surface area contributed by atoms with Crippen molar-refractivity contribution in [2.24, 2.45) is 0 Å². The Hall–Kier alpha value is -1.69. The first-order valence-corrected chi connectivity index (χ1v) is 5.72. The van der Waals surface area contributed by atoms with Gasteiger partial charge in [0.1, 0.15) is 0 Å². The minimum atomic E-state index is 0.0944. The number of unbranched alkanes of at least 4 members (excludes halogenated alkanes) is 1. The maximum Gasteiger partial charge on any atom is 0.322 e. The minimum absolute atomic E-state index is 0.0944. The second kappa shape index (κ2) is 5.58. The van der Waals surface area contributed by atoms with Crippen LogP contribution in [0.25, 0.3) is 5.95 Å². The van der Waals surface area contributed by atoms with Gasteiger partial charge in [0.15, 0.2) is 0 Å². The lowest BCUT2D eigenvalue weighted by atomic mass is 10.4. The van der Waals surface area contributed by atoms with Crippen molar-refractivity contribution in [3.05, 3.63) is 23.7 Å². The van der Waals surface area contributed by atoms with Crippen LogP contribution in [0.4, 0.5) is 0 Å². The average Bonchev–Trinajstić information content (AvgIpc) is 2.82. The van der Waals surface area contributed by atoms with E-state index in [1.807, 2.05) is 0 Å². The number of ether oxygens (including phenoxy) is 1. The zero-order valence-corrected chi connectivity index (χ0v) is 10.1. The fourth-order valence-electron chi connectivity index (χ4n) is 1.18. The lowest BCUT2D eigenvalue weighted by molar-refractivity contribution is 0.283. The molecule has 2 aromatic heterocycles. The van der Waals surface area contributed by atoms with E-state index < -0.39 is 0 Å². The second-order valence-corrected chi connectivity index (χ2v) is 3.68. The Morgan fingerprint density at radius 1 is 1.35 bits per heavy atom. The number of hydrogen-bond donors (Lipinski definition) is 0. The van der Waals surface area contributed by atoms with E-state index in [1.165, 1.54) is 4.68 Å². The fraction of sp³-hybridized carbons (Fsp3) is 0.400. The van der Waals surface area contributed by atoms with Crippen molar-refractivity contribution in [3.8, 4) is 12.0 Å². The van der Waals surface area contributed by atoms with E-state index in [0.29, 0.717) is 12.6 Å². The molecule has 0 aliphatic heterocycles. The van der Waals surface area contributed by atoms with Gasteiger partial charge in [-0.05, 0) is 24.1 Å². The molecule has 0 amide bonds. The first-order chi connectivity index (χ1) is 8.29. The molecule has 0 atom stereocenters. The van der Waals surface area contributed by atoms with Crippen molar-refractivity contribution in [2.75, 3.05) is 6.61 Å². The highest BCUT2D eigenvalue weighted by Gasteiger charge is 2.07. The van der Waals surface area contributed by atoms with Gasteiger partial charge >= 0.3 is 6.01 Å². The summed E-state index contributed by atoms with van der Waals surface area (Å²) in [5.74, 6) is 0.349. The van der Waals surface area contributed by atoms with Crippen molar-refractivity contribution in [2.45, 2.75) is 19.8 Å². The summed E-state index contributed by atoms with van der Waals surface area (Å²) in [7, 11) is 0. The molecular weight excluding hydrogens is 242 g/mol. The predicted octanol–water partition coefficient (Wildman–Crippen LogP) is 1.89. The molecule has 17 heavy (non-hydrogen) atoms. The summed E-state index contributed by atoms with van der Waals surface area (Å²) in [6, 6.07) is 2.00. The van der Waals surface area contributed by atoms with Gasteiger partial charge in [0.2, 0.25) is 5.28 Å². The Kier molecular flexibility index (Phi) is 3.87. The van der Waals surface area contributed by atoms with Gasteiger partial charge in [-0.2, -0.15) is 20.1 Å². The highest BCUT2D eigenvalue weighted by molar-refractivity contribution is 6.28. The van der Waals surface area contributed by atoms with Gasteiger partial charge in [-0.1, -0.05) is 13.3 Å². The maximum atomic E-state index is 5.80. The number of nitrogens with zero attached hydrogens (tertiary/aromatic N) is 5. The summed E-state index contributed by atoms with van der Waals surface area (Å²) in [4.78, 5) is 12.0. The number of aromatic nitrogens is 5. The Morgan fingerprint density at radius 2 is 2.24 bits per heavy atom. The first-order valence-electron chi connectivity index (χ1n) is 5.34. The largest absolute Gasteiger partial charge is 0.463 e. The van der Waals surface area contributed by atoms with Gasteiger partial charge in [-0.25, -0.2) is 4.68 Å². The van der Waals surface area contributed by atoms with Crippen LogP contribution in [0.3, 0.4) is 0 Å². The molecule has 0 radical (unpaired) electrons. The Morgan fingerprint density at radius 3 is 2.94 bits per heavy atom. The van der Waals surface area contributed by atoms with Crippen LogP contribution in [0.5, 0.6) is 6.01 Å². The van der Waals surface area contributed by atoms with Gasteiger partial charge in [0.05, 0.1) is 6.61 Å². The zero-order chi connectivity index (χ0) is 12.1. The summed E-state index contributed by atoms with van der Waals surface area (Å²) in [5.41, 5.74) is 0. The molecule has 0 saturated heterocycles. The minimum Gasteiger partial charge on any atom is -0.463 e. The number of halogens is 1. The van der Waals surface area contributed by atoms with Crippen LogP contribution in [0, 0.1) is 0 Å².